The molecule has 0 amide bonds. The molecular weight excluding hydrogens is 220 g/mol. The Kier molecular flexibility index (Phi) is 8.10. The van der Waals surface area contributed by atoms with Gasteiger partial charge in [-0.2, -0.15) is 0 Å². The third-order valence-electron chi connectivity index (χ3n) is 1.36. The van der Waals surface area contributed by atoms with Crippen molar-refractivity contribution in [1.82, 2.24) is 0 Å². The van der Waals surface area contributed by atoms with Crippen LogP contribution in [0.1, 0.15) is 27.7 Å². The normalized spacial score (nSPS) is 12.3. The maximum absolute atomic E-state index is 10.9. The van der Waals surface area contributed by atoms with E-state index in [0.29, 0.717) is 0 Å². The van der Waals surface area contributed by atoms with Crippen LogP contribution in [0.15, 0.2) is 11.6 Å². The Hall–Kier alpha value is 0.460. The maximum Gasteiger partial charge on any atom is 0.143 e. The van der Waals surface area contributed by atoms with Crippen molar-refractivity contribution in [3.05, 3.63) is 11.6 Å². The van der Waals surface area contributed by atoms with Crippen molar-refractivity contribution in [2.24, 2.45) is 0 Å². The molecule has 76 valence electrons. The number of ketones is 1. The summed E-state index contributed by atoms with van der Waals surface area (Å²) in [7, 11) is 5.11. The van der Waals surface area contributed by atoms with Crippen LogP contribution in [0.4, 0.5) is 0 Å². The predicted octanol–water partition coefficient (Wildman–Crippen LogP) is 3.96. The van der Waals surface area contributed by atoms with Gasteiger partial charge in [0.15, 0.2) is 0 Å². The molecule has 0 aromatic rings. The zero-order valence-corrected chi connectivity index (χ0v) is 10.9. The molecule has 4 heteroatoms. The highest BCUT2D eigenvalue weighted by atomic mass is 33.5. The van der Waals surface area contributed by atoms with Crippen LogP contribution in [-0.2, 0) is 4.79 Å². The van der Waals surface area contributed by atoms with E-state index in [-0.39, 0.29) is 11.0 Å². The van der Waals surface area contributed by atoms with Crippen LogP contribution in [0.25, 0.3) is 0 Å². The molecule has 1 nitrogen and oxygen atoms in total. The van der Waals surface area contributed by atoms with Gasteiger partial charge in [0.1, 0.15) is 5.78 Å². The minimum absolute atomic E-state index is 0.115. The molecule has 0 aliphatic heterocycles. The van der Waals surface area contributed by atoms with Gasteiger partial charge in [0.2, 0.25) is 0 Å². The molecule has 1 atom stereocenters. The average molecular weight is 236 g/mol. The minimum atomic E-state index is 0.115. The molecule has 0 aromatic carbocycles. The molecule has 13 heavy (non-hydrogen) atoms. The summed E-state index contributed by atoms with van der Waals surface area (Å²) in [4.78, 5) is 10.9. The van der Waals surface area contributed by atoms with E-state index in [9.17, 15) is 4.79 Å². The first-order chi connectivity index (χ1) is 6.04. The highest BCUT2D eigenvalue weighted by Gasteiger charge is 2.07. The summed E-state index contributed by atoms with van der Waals surface area (Å²) in [5, 5.41) is 0.115. The first kappa shape index (κ1) is 13.5. The Labute approximate surface area is 92.3 Å². The van der Waals surface area contributed by atoms with Crippen molar-refractivity contribution in [3.8, 4) is 0 Å². The fourth-order valence-electron chi connectivity index (χ4n) is 0.383. The highest BCUT2D eigenvalue weighted by molar-refractivity contribution is 9.09. The maximum atomic E-state index is 10.9. The van der Waals surface area contributed by atoms with Gasteiger partial charge in [0.05, 0.1) is 5.25 Å². The number of rotatable bonds is 6. The summed E-state index contributed by atoms with van der Waals surface area (Å²) in [6.07, 6.45) is 2.19. The van der Waals surface area contributed by atoms with E-state index in [1.54, 1.807) is 38.3 Å². The van der Waals surface area contributed by atoms with Crippen LogP contribution in [-0.4, -0.2) is 16.8 Å². The number of carbonyl (C=O) groups is 1. The second kappa shape index (κ2) is 7.83. The van der Waals surface area contributed by atoms with Crippen molar-refractivity contribution in [1.29, 1.82) is 0 Å². The third-order valence-corrected chi connectivity index (χ3v) is 5.83. The van der Waals surface area contributed by atoms with E-state index in [4.69, 9.17) is 0 Å². The van der Waals surface area contributed by atoms with Crippen LogP contribution in [0.5, 0.6) is 0 Å². The molecule has 0 saturated carbocycles. The van der Waals surface area contributed by atoms with Crippen molar-refractivity contribution in [2.75, 3.05) is 5.75 Å². The van der Waals surface area contributed by atoms with Gasteiger partial charge in [0.25, 0.3) is 0 Å². The molecule has 0 heterocycles. The summed E-state index contributed by atoms with van der Waals surface area (Å²) < 4.78 is 0. The van der Waals surface area contributed by atoms with Gasteiger partial charge in [-0.05, 0) is 37.5 Å². The molecule has 0 aliphatic rings. The molecule has 1 unspecified atom stereocenters. The molecule has 0 fully saturated rings. The third kappa shape index (κ3) is 8.78. The van der Waals surface area contributed by atoms with Gasteiger partial charge >= 0.3 is 0 Å². The summed E-state index contributed by atoms with van der Waals surface area (Å²) in [5.74, 6) is 1.27. The Bertz CT molecular complexity index is 185. The molecular formula is C9H16OS3. The number of carbonyl (C=O) groups excluding carboxylic acids is 1. The van der Waals surface area contributed by atoms with E-state index in [1.165, 1.54) is 5.57 Å². The number of hydrogen-bond acceptors (Lipinski definition) is 4. The Morgan fingerprint density at radius 2 is 2.00 bits per heavy atom. The fraction of sp³-hybridized carbons (Fsp3) is 0.667. The highest BCUT2D eigenvalue weighted by Crippen LogP contribution is 2.37. The molecule has 0 rings (SSSR count). The first-order valence-electron chi connectivity index (χ1n) is 4.12. The van der Waals surface area contributed by atoms with Crippen molar-refractivity contribution >= 4 is 37.2 Å². The molecule has 0 saturated heterocycles. The first-order valence-corrected chi connectivity index (χ1v) is 7.84. The van der Waals surface area contributed by atoms with Crippen molar-refractivity contribution in [2.45, 2.75) is 32.9 Å². The summed E-state index contributed by atoms with van der Waals surface area (Å²) in [6, 6.07) is 0. The molecule has 0 aromatic heterocycles. The summed E-state index contributed by atoms with van der Waals surface area (Å²) >= 11 is 0. The monoisotopic (exact) mass is 236 g/mol. The number of Topliss-reactive ketones (excluding diaryl/α,β-unsaturated/α-hetero) is 1. The Morgan fingerprint density at radius 1 is 1.38 bits per heavy atom. The predicted molar refractivity (Wildman–Crippen MR) is 67.2 cm³/mol. The quantitative estimate of drug-likeness (QED) is 0.394. The fourth-order valence-corrected chi connectivity index (χ4v) is 4.51. The van der Waals surface area contributed by atoms with E-state index in [0.717, 1.165) is 5.75 Å². The lowest BCUT2D eigenvalue weighted by Gasteiger charge is -2.03. The van der Waals surface area contributed by atoms with Crippen molar-refractivity contribution < 1.29 is 4.79 Å². The smallest absolute Gasteiger partial charge is 0.143 e. The van der Waals surface area contributed by atoms with Gasteiger partial charge in [-0.3, -0.25) is 4.79 Å². The minimum Gasteiger partial charge on any atom is -0.299 e. The van der Waals surface area contributed by atoms with Crippen LogP contribution < -0.4 is 0 Å². The molecule has 0 bridgehead atoms. The second-order valence-corrected chi connectivity index (χ2v) is 7.51. The molecule has 0 radical (unpaired) electrons. The van der Waals surface area contributed by atoms with Crippen LogP contribution >= 0.6 is 31.4 Å². The van der Waals surface area contributed by atoms with Gasteiger partial charge in [0, 0.05) is 5.75 Å². The lowest BCUT2D eigenvalue weighted by molar-refractivity contribution is -0.116. The van der Waals surface area contributed by atoms with Gasteiger partial charge in [-0.25, -0.2) is 0 Å². The van der Waals surface area contributed by atoms with E-state index in [2.05, 4.69) is 19.9 Å². The molecule has 0 spiro atoms. The largest absolute Gasteiger partial charge is 0.299 e. The number of hydrogen-bond donors (Lipinski definition) is 0. The van der Waals surface area contributed by atoms with Crippen LogP contribution in [0.2, 0.25) is 0 Å². The van der Waals surface area contributed by atoms with Crippen molar-refractivity contribution in [3.63, 3.8) is 0 Å². The van der Waals surface area contributed by atoms with E-state index in [1.807, 2.05) is 6.92 Å². The molecule has 0 aliphatic carbocycles. The lowest BCUT2D eigenvalue weighted by Crippen LogP contribution is -2.05. The lowest BCUT2D eigenvalue weighted by atomic mass is 10.3. The molecule has 0 N–H and O–H groups in total. The van der Waals surface area contributed by atoms with E-state index < -0.39 is 0 Å². The Morgan fingerprint density at radius 3 is 2.46 bits per heavy atom. The zero-order chi connectivity index (χ0) is 10.3. The zero-order valence-electron chi connectivity index (χ0n) is 8.49. The summed E-state index contributed by atoms with van der Waals surface area (Å²) in [5.41, 5.74) is 1.35. The second-order valence-electron chi connectivity index (χ2n) is 2.98. The van der Waals surface area contributed by atoms with Gasteiger partial charge in [-0.15, -0.1) is 0 Å². The van der Waals surface area contributed by atoms with Crippen LogP contribution in [0.3, 0.4) is 0 Å². The topological polar surface area (TPSA) is 17.1 Å². The average Bonchev–Trinajstić information content (AvgIpc) is 2.02. The van der Waals surface area contributed by atoms with Crippen LogP contribution in [0, 0.1) is 0 Å². The van der Waals surface area contributed by atoms with E-state index >= 15 is 0 Å². The van der Waals surface area contributed by atoms with Gasteiger partial charge in [-0.1, -0.05) is 33.2 Å². The Balaban J connectivity index is 3.36. The summed E-state index contributed by atoms with van der Waals surface area (Å²) in [6.45, 7) is 7.77. The number of allylic oxidation sites excluding steroid dienone is 1. The van der Waals surface area contributed by atoms with Gasteiger partial charge < -0.3 is 0 Å². The SMILES string of the molecule is CC(=O)C(C)SSSCC=C(C)C. The standard InChI is InChI=1S/C9H16OS3/c1-7(2)5-6-11-13-12-9(4)8(3)10/h5,9H,6H2,1-4H3.